The molecule has 130 valence electrons. The first-order valence-corrected chi connectivity index (χ1v) is 9.02. The average Bonchev–Trinajstić information content (AvgIpc) is 2.99. The lowest BCUT2D eigenvalue weighted by Crippen LogP contribution is -2.46. The second-order valence-corrected chi connectivity index (χ2v) is 6.97. The molecule has 1 aromatic rings. The van der Waals surface area contributed by atoms with Gasteiger partial charge < -0.3 is 19.7 Å². The Balaban J connectivity index is 1.70. The molecule has 6 nitrogen and oxygen atoms in total. The molecule has 0 saturated carbocycles. The smallest absolute Gasteiger partial charge is 0.193 e. The van der Waals surface area contributed by atoms with E-state index >= 15 is 0 Å². The van der Waals surface area contributed by atoms with E-state index < -0.39 is 0 Å². The van der Waals surface area contributed by atoms with Crippen molar-refractivity contribution in [2.24, 2.45) is 4.99 Å². The number of thiazole rings is 1. The molecule has 0 spiro atoms. The maximum atomic E-state index is 5.91. The summed E-state index contributed by atoms with van der Waals surface area (Å²) in [5, 5.41) is 4.53. The topological polar surface area (TPSA) is 59.0 Å². The molecular weight excluding hydrogens is 312 g/mol. The first-order chi connectivity index (χ1) is 11.2. The SMILES string of the molecule is CN=C(NCc1cnc(C)s1)N1CCC(OCCCOC)CC1. The number of likely N-dealkylation sites (tertiary alicyclic amines) is 1. The van der Waals surface area contributed by atoms with Gasteiger partial charge in [-0.2, -0.15) is 0 Å². The number of piperidine rings is 1. The summed E-state index contributed by atoms with van der Waals surface area (Å²) >= 11 is 1.72. The molecular formula is C16H28N4O2S. The molecule has 0 amide bonds. The highest BCUT2D eigenvalue weighted by atomic mass is 32.1. The number of nitrogens with one attached hydrogen (secondary N) is 1. The van der Waals surface area contributed by atoms with Crippen molar-refractivity contribution in [2.45, 2.75) is 38.8 Å². The van der Waals surface area contributed by atoms with E-state index in [2.05, 4.69) is 20.2 Å². The van der Waals surface area contributed by atoms with Crippen LogP contribution in [0.25, 0.3) is 0 Å². The molecule has 23 heavy (non-hydrogen) atoms. The first kappa shape index (κ1) is 18.2. The first-order valence-electron chi connectivity index (χ1n) is 8.20. The quantitative estimate of drug-likeness (QED) is 0.468. The van der Waals surface area contributed by atoms with Gasteiger partial charge in [0, 0.05) is 51.5 Å². The van der Waals surface area contributed by atoms with E-state index in [0.717, 1.165) is 63.1 Å². The van der Waals surface area contributed by atoms with E-state index in [-0.39, 0.29) is 0 Å². The number of methoxy groups -OCH3 is 1. The van der Waals surface area contributed by atoms with E-state index in [1.54, 1.807) is 18.4 Å². The number of ether oxygens (including phenoxy) is 2. The van der Waals surface area contributed by atoms with E-state index in [0.29, 0.717) is 6.10 Å². The third-order valence-corrected chi connectivity index (χ3v) is 4.80. The van der Waals surface area contributed by atoms with Gasteiger partial charge in [0.25, 0.3) is 0 Å². The maximum absolute atomic E-state index is 5.91. The lowest BCUT2D eigenvalue weighted by atomic mass is 10.1. The molecule has 7 heteroatoms. The molecule has 1 aromatic heterocycles. The Morgan fingerprint density at radius 3 is 2.83 bits per heavy atom. The fourth-order valence-electron chi connectivity index (χ4n) is 2.67. The number of nitrogens with zero attached hydrogens (tertiary/aromatic N) is 3. The number of aliphatic imine (C=N–C) groups is 1. The van der Waals surface area contributed by atoms with Gasteiger partial charge in [0.1, 0.15) is 0 Å². The molecule has 1 aliphatic rings. The summed E-state index contributed by atoms with van der Waals surface area (Å²) in [4.78, 5) is 12.2. The molecule has 0 aromatic carbocycles. The summed E-state index contributed by atoms with van der Waals surface area (Å²) in [7, 11) is 3.57. The van der Waals surface area contributed by atoms with Crippen molar-refractivity contribution in [3.05, 3.63) is 16.1 Å². The van der Waals surface area contributed by atoms with Gasteiger partial charge in [0.15, 0.2) is 5.96 Å². The van der Waals surface area contributed by atoms with Crippen LogP contribution in [0.1, 0.15) is 29.1 Å². The van der Waals surface area contributed by atoms with Gasteiger partial charge in [-0.05, 0) is 26.2 Å². The Morgan fingerprint density at radius 1 is 1.43 bits per heavy atom. The summed E-state index contributed by atoms with van der Waals surface area (Å²) in [6.45, 7) is 6.33. The zero-order valence-electron chi connectivity index (χ0n) is 14.4. The molecule has 0 bridgehead atoms. The van der Waals surface area contributed by atoms with E-state index in [9.17, 15) is 0 Å². The van der Waals surface area contributed by atoms with Crippen molar-refractivity contribution >= 4 is 17.3 Å². The second-order valence-electron chi connectivity index (χ2n) is 5.65. The van der Waals surface area contributed by atoms with E-state index in [1.165, 1.54) is 4.88 Å². The summed E-state index contributed by atoms with van der Waals surface area (Å²) in [6.07, 6.45) is 5.36. The van der Waals surface area contributed by atoms with Crippen LogP contribution in [-0.4, -0.2) is 62.4 Å². The highest BCUT2D eigenvalue weighted by molar-refractivity contribution is 7.11. The van der Waals surface area contributed by atoms with Crippen molar-refractivity contribution in [2.75, 3.05) is 40.5 Å². The normalized spacial score (nSPS) is 16.8. The van der Waals surface area contributed by atoms with E-state index in [1.807, 2.05) is 20.2 Å². The van der Waals surface area contributed by atoms with Gasteiger partial charge in [-0.1, -0.05) is 0 Å². The molecule has 0 radical (unpaired) electrons. The number of aromatic nitrogens is 1. The number of aryl methyl sites for hydroxylation is 1. The van der Waals surface area contributed by atoms with Gasteiger partial charge in [-0.25, -0.2) is 4.98 Å². The molecule has 1 aliphatic heterocycles. The Kier molecular flexibility index (Phi) is 7.78. The van der Waals surface area contributed by atoms with Crippen LogP contribution in [-0.2, 0) is 16.0 Å². The maximum Gasteiger partial charge on any atom is 0.193 e. The summed E-state index contributed by atoms with van der Waals surface area (Å²) in [5.74, 6) is 0.967. The highest BCUT2D eigenvalue weighted by Gasteiger charge is 2.21. The molecule has 1 fully saturated rings. The minimum absolute atomic E-state index is 0.366. The molecule has 0 atom stereocenters. The standard InChI is InChI=1S/C16H28N4O2S/c1-13-18-11-15(23-13)12-19-16(17-2)20-7-5-14(6-8-20)22-10-4-9-21-3/h11,14H,4-10,12H2,1-3H3,(H,17,19). The molecule has 1 N–H and O–H groups in total. The van der Waals surface area contributed by atoms with Crippen molar-refractivity contribution in [3.63, 3.8) is 0 Å². The minimum atomic E-state index is 0.366. The van der Waals surface area contributed by atoms with Crippen molar-refractivity contribution in [1.82, 2.24) is 15.2 Å². The van der Waals surface area contributed by atoms with Crippen molar-refractivity contribution in [1.29, 1.82) is 0 Å². The Hall–Kier alpha value is -1.18. The third kappa shape index (κ3) is 6.08. The summed E-state index contributed by atoms with van der Waals surface area (Å²) in [6, 6.07) is 0. The minimum Gasteiger partial charge on any atom is -0.385 e. The van der Waals surface area contributed by atoms with Crippen LogP contribution in [0.5, 0.6) is 0 Å². The van der Waals surface area contributed by atoms with Gasteiger partial charge in [-0.3, -0.25) is 4.99 Å². The van der Waals surface area contributed by atoms with Crippen LogP contribution in [0, 0.1) is 6.92 Å². The lowest BCUT2D eigenvalue weighted by molar-refractivity contribution is 0.00990. The van der Waals surface area contributed by atoms with Crippen molar-refractivity contribution in [3.8, 4) is 0 Å². The van der Waals surface area contributed by atoms with Crippen LogP contribution in [0.15, 0.2) is 11.2 Å². The third-order valence-electron chi connectivity index (χ3n) is 3.89. The van der Waals surface area contributed by atoms with Crippen molar-refractivity contribution < 1.29 is 9.47 Å². The Morgan fingerprint density at radius 2 is 2.22 bits per heavy atom. The van der Waals surface area contributed by atoms with Crippen LogP contribution in [0.2, 0.25) is 0 Å². The predicted octanol–water partition coefficient (Wildman–Crippen LogP) is 2.04. The summed E-state index contributed by atoms with van der Waals surface area (Å²) < 4.78 is 10.9. The molecule has 0 aliphatic carbocycles. The average molecular weight is 340 g/mol. The van der Waals surface area contributed by atoms with Crippen LogP contribution in [0.3, 0.4) is 0 Å². The monoisotopic (exact) mass is 340 g/mol. The zero-order valence-corrected chi connectivity index (χ0v) is 15.2. The molecule has 2 rings (SSSR count). The lowest BCUT2D eigenvalue weighted by Gasteiger charge is -2.34. The molecule has 0 unspecified atom stereocenters. The van der Waals surface area contributed by atoms with Crippen LogP contribution >= 0.6 is 11.3 Å². The fourth-order valence-corrected chi connectivity index (χ4v) is 3.41. The van der Waals surface area contributed by atoms with Gasteiger partial charge in [0.05, 0.1) is 17.7 Å². The highest BCUT2D eigenvalue weighted by Crippen LogP contribution is 2.15. The number of guanidine groups is 1. The molecule has 1 saturated heterocycles. The molecule has 2 heterocycles. The largest absolute Gasteiger partial charge is 0.385 e. The van der Waals surface area contributed by atoms with E-state index in [4.69, 9.17) is 9.47 Å². The fraction of sp³-hybridized carbons (Fsp3) is 0.750. The summed E-state index contributed by atoms with van der Waals surface area (Å²) in [5.41, 5.74) is 0. The number of rotatable bonds is 7. The number of hydrogen-bond acceptors (Lipinski definition) is 5. The zero-order chi connectivity index (χ0) is 16.5. The van der Waals surface area contributed by atoms with Gasteiger partial charge >= 0.3 is 0 Å². The van der Waals surface area contributed by atoms with Gasteiger partial charge in [-0.15, -0.1) is 11.3 Å². The van der Waals surface area contributed by atoms with Crippen LogP contribution in [0.4, 0.5) is 0 Å². The number of hydrogen-bond donors (Lipinski definition) is 1. The van der Waals surface area contributed by atoms with Gasteiger partial charge in [0.2, 0.25) is 0 Å². The predicted molar refractivity (Wildman–Crippen MR) is 94.1 cm³/mol. The second kappa shape index (κ2) is 9.85. The van der Waals surface area contributed by atoms with Crippen LogP contribution < -0.4 is 5.32 Å². The Bertz CT molecular complexity index is 484. The Labute approximate surface area is 142 Å².